The zero-order valence-electron chi connectivity index (χ0n) is 18.7. The largest absolute Gasteiger partial charge is 0.508 e. The molecule has 0 saturated heterocycles. The number of hydrogen-bond acceptors (Lipinski definition) is 3. The first-order valence-electron chi connectivity index (χ1n) is 11.6. The van der Waals surface area contributed by atoms with Crippen LogP contribution < -0.4 is 0 Å². The summed E-state index contributed by atoms with van der Waals surface area (Å²) < 4.78 is 11.1. The second-order valence-corrected chi connectivity index (χ2v) is 8.08. The lowest BCUT2D eigenvalue weighted by atomic mass is 9.94. The van der Waals surface area contributed by atoms with Gasteiger partial charge in [0.2, 0.25) is 0 Å². The van der Waals surface area contributed by atoms with E-state index in [9.17, 15) is 4.79 Å². The fraction of sp³-hybridized carbons (Fsp3) is 0.519. The third-order valence-electron chi connectivity index (χ3n) is 5.66. The van der Waals surface area contributed by atoms with Gasteiger partial charge in [-0.2, -0.15) is 0 Å². The molecule has 164 valence electrons. The first-order valence-corrected chi connectivity index (χ1v) is 11.6. The van der Waals surface area contributed by atoms with Crippen molar-refractivity contribution in [1.29, 1.82) is 0 Å². The van der Waals surface area contributed by atoms with E-state index < -0.39 is 6.16 Å². The number of unbranched alkanes of at least 4 members (excludes halogenated alkanes) is 4. The van der Waals surface area contributed by atoms with Crippen molar-refractivity contribution in [3.05, 3.63) is 71.8 Å². The van der Waals surface area contributed by atoms with Crippen LogP contribution in [0.2, 0.25) is 0 Å². The van der Waals surface area contributed by atoms with Crippen molar-refractivity contribution in [2.75, 3.05) is 13.2 Å². The van der Waals surface area contributed by atoms with Crippen molar-refractivity contribution in [3.63, 3.8) is 0 Å². The van der Waals surface area contributed by atoms with Crippen LogP contribution in [0.25, 0.3) is 0 Å². The lowest BCUT2D eigenvalue weighted by Crippen LogP contribution is -2.17. The Morgan fingerprint density at radius 2 is 1.07 bits per heavy atom. The highest BCUT2D eigenvalue weighted by atomic mass is 16.7. The summed E-state index contributed by atoms with van der Waals surface area (Å²) in [6.07, 6.45) is 8.54. The minimum absolute atomic E-state index is 0.222. The molecule has 3 nitrogen and oxygen atoms in total. The predicted octanol–water partition coefficient (Wildman–Crippen LogP) is 7.87. The molecule has 0 fully saturated rings. The molecule has 0 aromatic heterocycles. The molecule has 30 heavy (non-hydrogen) atoms. The van der Waals surface area contributed by atoms with Crippen LogP contribution in [0.3, 0.4) is 0 Å². The second-order valence-electron chi connectivity index (χ2n) is 8.08. The van der Waals surface area contributed by atoms with E-state index >= 15 is 0 Å². The van der Waals surface area contributed by atoms with Crippen molar-refractivity contribution >= 4 is 6.16 Å². The summed E-state index contributed by atoms with van der Waals surface area (Å²) in [5.41, 5.74) is 2.45. The number of rotatable bonds is 14. The molecule has 0 bridgehead atoms. The molecule has 0 N–H and O–H groups in total. The van der Waals surface area contributed by atoms with Gasteiger partial charge in [-0.05, 0) is 24.0 Å². The van der Waals surface area contributed by atoms with Crippen LogP contribution in [0.5, 0.6) is 0 Å². The molecule has 0 aliphatic rings. The predicted molar refractivity (Wildman–Crippen MR) is 124 cm³/mol. The van der Waals surface area contributed by atoms with Crippen LogP contribution in [0.15, 0.2) is 60.7 Å². The first kappa shape index (κ1) is 24.0. The van der Waals surface area contributed by atoms with Gasteiger partial charge in [-0.15, -0.1) is 0 Å². The summed E-state index contributed by atoms with van der Waals surface area (Å²) >= 11 is 0. The summed E-state index contributed by atoms with van der Waals surface area (Å²) in [6.45, 7) is 5.15. The summed E-state index contributed by atoms with van der Waals surface area (Å²) in [7, 11) is 0. The lowest BCUT2D eigenvalue weighted by Gasteiger charge is -2.19. The number of carbonyl (C=O) groups excluding carboxylic acids is 1. The molecule has 0 heterocycles. The summed E-state index contributed by atoms with van der Waals surface area (Å²) in [5.74, 6) is 0.444. The maximum absolute atomic E-state index is 12.3. The van der Waals surface area contributed by atoms with Crippen LogP contribution in [-0.4, -0.2) is 19.4 Å². The molecule has 0 spiro atoms. The first-order chi connectivity index (χ1) is 14.7. The topological polar surface area (TPSA) is 35.5 Å². The van der Waals surface area contributed by atoms with E-state index in [0.717, 1.165) is 25.7 Å². The van der Waals surface area contributed by atoms with E-state index in [4.69, 9.17) is 9.47 Å². The molecule has 2 aromatic carbocycles. The minimum Gasteiger partial charge on any atom is -0.434 e. The Morgan fingerprint density at radius 3 is 1.43 bits per heavy atom. The fourth-order valence-corrected chi connectivity index (χ4v) is 3.80. The van der Waals surface area contributed by atoms with E-state index in [-0.39, 0.29) is 11.8 Å². The Hall–Kier alpha value is -2.29. The zero-order chi connectivity index (χ0) is 21.4. The molecule has 2 unspecified atom stereocenters. The molecule has 0 aliphatic heterocycles. The Balaban J connectivity index is 1.86. The lowest BCUT2D eigenvalue weighted by molar-refractivity contribution is 0.0452. The SMILES string of the molecule is CCCCCC(COC(=O)OCC(CCCCC)c1ccccc1)c1ccccc1. The molecular formula is C27H38O3. The van der Waals surface area contributed by atoms with Crippen molar-refractivity contribution in [2.45, 2.75) is 77.0 Å². The van der Waals surface area contributed by atoms with Crippen LogP contribution >= 0.6 is 0 Å². The quantitative estimate of drug-likeness (QED) is 0.235. The van der Waals surface area contributed by atoms with E-state index in [0.29, 0.717) is 13.2 Å². The molecule has 2 atom stereocenters. The minimum atomic E-state index is -0.553. The van der Waals surface area contributed by atoms with Gasteiger partial charge in [0.25, 0.3) is 0 Å². The Labute approximate surface area is 182 Å². The standard InChI is InChI=1S/C27H38O3/c1-3-5-9-19-25(23-15-11-7-12-16-23)21-29-27(28)30-22-26(20-10-6-4-2)24-17-13-8-14-18-24/h7-8,11-18,25-26H,3-6,9-10,19-22H2,1-2H3. The smallest absolute Gasteiger partial charge is 0.434 e. The van der Waals surface area contributed by atoms with Gasteiger partial charge in [0, 0.05) is 11.8 Å². The third-order valence-corrected chi connectivity index (χ3v) is 5.66. The number of hydrogen-bond donors (Lipinski definition) is 0. The third kappa shape index (κ3) is 9.02. The van der Waals surface area contributed by atoms with Crippen LogP contribution in [0, 0.1) is 0 Å². The average molecular weight is 411 g/mol. The monoisotopic (exact) mass is 410 g/mol. The van der Waals surface area contributed by atoms with Crippen LogP contribution in [-0.2, 0) is 9.47 Å². The number of carbonyl (C=O) groups is 1. The molecule has 2 rings (SSSR count). The average Bonchev–Trinajstić information content (AvgIpc) is 2.79. The van der Waals surface area contributed by atoms with Gasteiger partial charge in [0.15, 0.2) is 0 Å². The van der Waals surface area contributed by atoms with E-state index in [1.807, 2.05) is 36.4 Å². The molecule has 0 radical (unpaired) electrons. The van der Waals surface area contributed by atoms with Crippen LogP contribution in [0.1, 0.15) is 88.2 Å². The molecule has 0 aliphatic carbocycles. The van der Waals surface area contributed by atoms with Gasteiger partial charge in [-0.25, -0.2) is 4.79 Å². The highest BCUT2D eigenvalue weighted by Crippen LogP contribution is 2.25. The Kier molecular flexibility index (Phi) is 11.7. The normalized spacial score (nSPS) is 12.9. The van der Waals surface area contributed by atoms with Gasteiger partial charge in [-0.1, -0.05) is 113 Å². The summed E-state index contributed by atoms with van der Waals surface area (Å²) in [5, 5.41) is 0. The molecule has 0 saturated carbocycles. The van der Waals surface area contributed by atoms with Crippen molar-refractivity contribution in [1.82, 2.24) is 0 Å². The van der Waals surface area contributed by atoms with Gasteiger partial charge in [0.05, 0.1) is 0 Å². The molecule has 2 aromatic rings. The van der Waals surface area contributed by atoms with E-state index in [2.05, 4.69) is 38.1 Å². The summed E-state index contributed by atoms with van der Waals surface area (Å²) in [4.78, 5) is 12.3. The van der Waals surface area contributed by atoms with Gasteiger partial charge in [-0.3, -0.25) is 0 Å². The van der Waals surface area contributed by atoms with Gasteiger partial charge < -0.3 is 9.47 Å². The molecule has 3 heteroatoms. The number of ether oxygens (including phenoxy) is 2. The zero-order valence-corrected chi connectivity index (χ0v) is 18.7. The van der Waals surface area contributed by atoms with E-state index in [1.54, 1.807) is 0 Å². The molecular weight excluding hydrogens is 372 g/mol. The van der Waals surface area contributed by atoms with Crippen molar-refractivity contribution < 1.29 is 14.3 Å². The highest BCUT2D eigenvalue weighted by Gasteiger charge is 2.17. The van der Waals surface area contributed by atoms with E-state index in [1.165, 1.54) is 36.8 Å². The fourth-order valence-electron chi connectivity index (χ4n) is 3.80. The maximum atomic E-state index is 12.3. The highest BCUT2D eigenvalue weighted by molar-refractivity contribution is 5.60. The Bertz CT molecular complexity index is 624. The number of benzene rings is 2. The maximum Gasteiger partial charge on any atom is 0.508 e. The van der Waals surface area contributed by atoms with Gasteiger partial charge in [0.1, 0.15) is 13.2 Å². The summed E-state index contributed by atoms with van der Waals surface area (Å²) in [6, 6.07) is 20.7. The Morgan fingerprint density at radius 1 is 0.667 bits per heavy atom. The van der Waals surface area contributed by atoms with Crippen molar-refractivity contribution in [2.24, 2.45) is 0 Å². The second kappa shape index (κ2) is 14.7. The van der Waals surface area contributed by atoms with Crippen molar-refractivity contribution in [3.8, 4) is 0 Å². The van der Waals surface area contributed by atoms with Gasteiger partial charge >= 0.3 is 6.16 Å². The van der Waals surface area contributed by atoms with Crippen LogP contribution in [0.4, 0.5) is 4.79 Å². The molecule has 0 amide bonds.